The highest BCUT2D eigenvalue weighted by Crippen LogP contribution is 2.45. The molecule has 4 aromatic rings. The average Bonchev–Trinajstić information content (AvgIpc) is 3.20. The first kappa shape index (κ1) is 29.4. The summed E-state index contributed by atoms with van der Waals surface area (Å²) in [5.41, 5.74) is 8.95. The Balaban J connectivity index is 1.40. The second-order valence-corrected chi connectivity index (χ2v) is 12.4. The molecule has 0 saturated heterocycles. The highest BCUT2D eigenvalue weighted by molar-refractivity contribution is 7.90. The number of alkyl halides is 3. The van der Waals surface area contributed by atoms with E-state index in [2.05, 4.69) is 15.3 Å². The molecule has 1 aromatic heterocycles. The quantitative estimate of drug-likeness (QED) is 0.281. The van der Waals surface area contributed by atoms with E-state index in [1.165, 1.54) is 18.2 Å². The van der Waals surface area contributed by atoms with E-state index in [9.17, 15) is 21.6 Å². The van der Waals surface area contributed by atoms with Crippen LogP contribution in [0, 0.1) is 0 Å². The molecule has 42 heavy (non-hydrogen) atoms. The van der Waals surface area contributed by atoms with E-state index < -0.39 is 27.4 Å². The SMILES string of the molecule is CN(c1ccc2c(c1)NC(N)(c1ccc(C(F)(F)F)cc1Cl)N2C)c1ccnc(N(C)c2ccc(S(C)(=O)=O)cc2)n1. The van der Waals surface area contributed by atoms with Crippen molar-refractivity contribution < 1.29 is 21.6 Å². The molecule has 14 heteroatoms. The minimum Gasteiger partial charge on any atom is -0.345 e. The van der Waals surface area contributed by atoms with Crippen LogP contribution >= 0.6 is 11.6 Å². The van der Waals surface area contributed by atoms with E-state index in [0.717, 1.165) is 29.8 Å². The first-order valence-electron chi connectivity index (χ1n) is 12.5. The number of nitrogens with zero attached hydrogens (tertiary/aromatic N) is 5. The van der Waals surface area contributed by atoms with Crippen molar-refractivity contribution in [2.75, 3.05) is 47.4 Å². The summed E-state index contributed by atoms with van der Waals surface area (Å²) in [5, 5.41) is 3.11. The topological polar surface area (TPSA) is 108 Å². The standard InChI is InChI=1S/C28H27ClF3N7O2S/c1-37(25-13-14-34-26(35-25)38(2)18-6-9-20(10-7-18)42(4,40)41)19-8-12-24-23(16-19)36-28(33,39(24)3)21-11-5-17(15-22(21)29)27(30,31)32/h5-16,36H,33H2,1-4H3. The zero-order chi connectivity index (χ0) is 30.6. The Morgan fingerprint density at radius 1 is 0.976 bits per heavy atom. The number of aromatic nitrogens is 2. The fourth-order valence-corrected chi connectivity index (χ4v) is 5.66. The molecule has 3 aromatic carbocycles. The molecule has 0 fully saturated rings. The van der Waals surface area contributed by atoms with Gasteiger partial charge in [0.15, 0.2) is 15.6 Å². The van der Waals surface area contributed by atoms with Gasteiger partial charge in [-0.2, -0.15) is 18.2 Å². The maximum atomic E-state index is 13.2. The third kappa shape index (κ3) is 5.30. The third-order valence-electron chi connectivity index (χ3n) is 7.21. The number of hydrogen-bond donors (Lipinski definition) is 2. The van der Waals surface area contributed by atoms with Gasteiger partial charge in [0, 0.05) is 50.5 Å². The minimum atomic E-state index is -4.53. The van der Waals surface area contributed by atoms with Crippen molar-refractivity contribution in [3.63, 3.8) is 0 Å². The van der Waals surface area contributed by atoms with Crippen LogP contribution in [-0.2, 0) is 21.8 Å². The van der Waals surface area contributed by atoms with Gasteiger partial charge in [0.2, 0.25) is 5.95 Å². The highest BCUT2D eigenvalue weighted by Gasteiger charge is 2.42. The van der Waals surface area contributed by atoms with Crippen LogP contribution in [-0.4, -0.2) is 45.8 Å². The summed E-state index contributed by atoms with van der Waals surface area (Å²) in [6.45, 7) is 0. The molecule has 0 aliphatic carbocycles. The first-order chi connectivity index (χ1) is 19.6. The van der Waals surface area contributed by atoms with Gasteiger partial charge in [-0.1, -0.05) is 17.7 Å². The van der Waals surface area contributed by atoms with Crippen LogP contribution < -0.4 is 25.8 Å². The van der Waals surface area contributed by atoms with Crippen LogP contribution in [0.2, 0.25) is 5.02 Å². The molecule has 0 radical (unpaired) electrons. The molecule has 220 valence electrons. The molecule has 0 amide bonds. The van der Waals surface area contributed by atoms with Crippen LogP contribution in [0.4, 0.5) is 47.7 Å². The molecule has 1 unspecified atom stereocenters. The number of hydrogen-bond acceptors (Lipinski definition) is 9. The van der Waals surface area contributed by atoms with Crippen LogP contribution in [0.3, 0.4) is 0 Å². The lowest BCUT2D eigenvalue weighted by atomic mass is 10.0. The Kier molecular flexibility index (Phi) is 7.24. The van der Waals surface area contributed by atoms with Gasteiger partial charge >= 0.3 is 6.18 Å². The van der Waals surface area contributed by atoms with Crippen molar-refractivity contribution in [1.82, 2.24) is 9.97 Å². The van der Waals surface area contributed by atoms with Gasteiger partial charge in [-0.3, -0.25) is 5.73 Å². The molecule has 1 aliphatic heterocycles. The van der Waals surface area contributed by atoms with Crippen LogP contribution in [0.25, 0.3) is 0 Å². The molecule has 0 bridgehead atoms. The van der Waals surface area contributed by atoms with E-state index in [1.807, 2.05) is 30.1 Å². The third-order valence-corrected chi connectivity index (χ3v) is 8.66. The maximum Gasteiger partial charge on any atom is 0.416 e. The Morgan fingerprint density at radius 3 is 2.26 bits per heavy atom. The van der Waals surface area contributed by atoms with Crippen molar-refractivity contribution in [1.29, 1.82) is 0 Å². The highest BCUT2D eigenvalue weighted by atomic mass is 35.5. The van der Waals surface area contributed by atoms with Gasteiger partial charge in [0.25, 0.3) is 0 Å². The van der Waals surface area contributed by atoms with Crippen molar-refractivity contribution in [2.24, 2.45) is 5.73 Å². The molecule has 0 spiro atoms. The van der Waals surface area contributed by atoms with E-state index in [-0.39, 0.29) is 9.92 Å². The molecule has 1 atom stereocenters. The lowest BCUT2D eigenvalue weighted by Crippen LogP contribution is -2.54. The Bertz CT molecular complexity index is 1770. The number of halogens is 4. The fraction of sp³-hybridized carbons (Fsp3) is 0.214. The maximum absolute atomic E-state index is 13.2. The van der Waals surface area contributed by atoms with Crippen LogP contribution in [0.5, 0.6) is 0 Å². The largest absolute Gasteiger partial charge is 0.416 e. The van der Waals surface area contributed by atoms with Gasteiger partial charge in [-0.25, -0.2) is 13.4 Å². The number of nitrogens with one attached hydrogen (secondary N) is 1. The smallest absolute Gasteiger partial charge is 0.345 e. The summed E-state index contributed by atoms with van der Waals surface area (Å²) >= 11 is 6.29. The zero-order valence-corrected chi connectivity index (χ0v) is 24.6. The predicted molar refractivity (Wildman–Crippen MR) is 158 cm³/mol. The average molecular weight is 618 g/mol. The van der Waals surface area contributed by atoms with Crippen LogP contribution in [0.15, 0.2) is 77.8 Å². The van der Waals surface area contributed by atoms with Crippen LogP contribution in [0.1, 0.15) is 11.1 Å². The Morgan fingerprint density at radius 2 is 1.64 bits per heavy atom. The summed E-state index contributed by atoms with van der Waals surface area (Å²) in [5.74, 6) is -0.419. The van der Waals surface area contributed by atoms with Crippen molar-refractivity contribution in [3.8, 4) is 0 Å². The van der Waals surface area contributed by atoms with Crippen molar-refractivity contribution >= 4 is 56.0 Å². The van der Waals surface area contributed by atoms with Crippen molar-refractivity contribution in [3.05, 3.63) is 89.1 Å². The Labute approximate surface area is 246 Å². The molecular formula is C28H27ClF3N7O2S. The lowest BCUT2D eigenvalue weighted by molar-refractivity contribution is -0.137. The first-order valence-corrected chi connectivity index (χ1v) is 14.8. The van der Waals surface area contributed by atoms with Gasteiger partial charge in [0.05, 0.1) is 26.9 Å². The Hall–Kier alpha value is -4.07. The van der Waals surface area contributed by atoms with Gasteiger partial charge < -0.3 is 20.0 Å². The molecule has 9 nitrogen and oxygen atoms in total. The lowest BCUT2D eigenvalue weighted by Gasteiger charge is -2.35. The van der Waals surface area contributed by atoms with Gasteiger partial charge in [-0.05, 0) is 60.7 Å². The normalized spacial score (nSPS) is 16.6. The number of nitrogens with two attached hydrogens (primary N) is 1. The predicted octanol–water partition coefficient (Wildman–Crippen LogP) is 5.72. The fourth-order valence-electron chi connectivity index (χ4n) is 4.71. The number of fused-ring (bicyclic) bond motifs is 1. The zero-order valence-electron chi connectivity index (χ0n) is 23.0. The monoisotopic (exact) mass is 617 g/mol. The number of sulfone groups is 1. The van der Waals surface area contributed by atoms with E-state index in [4.69, 9.17) is 17.3 Å². The summed E-state index contributed by atoms with van der Waals surface area (Å²) in [7, 11) is 2.01. The molecule has 2 heterocycles. The molecule has 0 saturated carbocycles. The van der Waals surface area contributed by atoms with E-state index in [0.29, 0.717) is 28.7 Å². The number of rotatable bonds is 6. The van der Waals surface area contributed by atoms with Gasteiger partial charge in [0.1, 0.15) is 5.82 Å². The molecule has 5 rings (SSSR count). The summed E-state index contributed by atoms with van der Waals surface area (Å²) in [4.78, 5) is 14.6. The van der Waals surface area contributed by atoms with Crippen molar-refractivity contribution in [2.45, 2.75) is 16.9 Å². The molecule has 3 N–H and O–H groups in total. The second kappa shape index (κ2) is 10.3. The molecular weight excluding hydrogens is 591 g/mol. The summed E-state index contributed by atoms with van der Waals surface area (Å²) in [6, 6.07) is 16.8. The second-order valence-electron chi connectivity index (χ2n) is 9.94. The minimum absolute atomic E-state index is 0.111. The summed E-state index contributed by atoms with van der Waals surface area (Å²) < 4.78 is 63.1. The number of anilines is 6. The number of benzene rings is 3. The molecule has 1 aliphatic rings. The van der Waals surface area contributed by atoms with E-state index in [1.54, 1.807) is 48.3 Å². The van der Waals surface area contributed by atoms with E-state index >= 15 is 0 Å². The van der Waals surface area contributed by atoms with Gasteiger partial charge in [-0.15, -0.1) is 0 Å². The summed E-state index contributed by atoms with van der Waals surface area (Å²) in [6.07, 6.45) is -1.76.